The van der Waals surface area contributed by atoms with Crippen LogP contribution in [0.4, 0.5) is 5.82 Å². The molecule has 5 heteroatoms. The van der Waals surface area contributed by atoms with Crippen molar-refractivity contribution in [1.82, 2.24) is 9.78 Å². The lowest BCUT2D eigenvalue weighted by Crippen LogP contribution is -2.05. The lowest BCUT2D eigenvalue weighted by molar-refractivity contribution is 0.306. The number of halogens is 1. The molecule has 0 spiro atoms. The van der Waals surface area contributed by atoms with Crippen LogP contribution in [0.5, 0.6) is 5.75 Å². The molecule has 2 heterocycles. The number of fused-ring (bicyclic) bond motifs is 1. The van der Waals surface area contributed by atoms with Gasteiger partial charge in [0.15, 0.2) is 0 Å². The van der Waals surface area contributed by atoms with Crippen molar-refractivity contribution in [2.24, 2.45) is 0 Å². The largest absolute Gasteiger partial charge is 0.489 e. The zero-order chi connectivity index (χ0) is 20.3. The molecule has 0 saturated heterocycles. The van der Waals surface area contributed by atoms with Crippen LogP contribution in [0.1, 0.15) is 22.4 Å². The van der Waals surface area contributed by atoms with Crippen molar-refractivity contribution in [2.45, 2.75) is 19.4 Å². The minimum absolute atomic E-state index is 0.556. The van der Waals surface area contributed by atoms with Gasteiger partial charge < -0.3 is 10.1 Å². The predicted molar refractivity (Wildman–Crippen MR) is 121 cm³/mol. The van der Waals surface area contributed by atoms with Crippen molar-refractivity contribution in [3.05, 3.63) is 106 Å². The molecule has 1 aliphatic heterocycles. The smallest absolute Gasteiger partial charge is 0.133 e. The standard InChI is InChI=1S/C25H22ClN3O/c26-23-9-5-4-8-19(23)16-24-22-14-15-27-25(22)29(28-24)20-10-12-21(13-11-20)30-17-18-6-2-1-3-7-18/h1-13,27H,14-17H2. The molecule has 0 fully saturated rings. The van der Waals surface area contributed by atoms with E-state index in [4.69, 9.17) is 21.4 Å². The van der Waals surface area contributed by atoms with E-state index in [1.165, 1.54) is 5.56 Å². The van der Waals surface area contributed by atoms with Gasteiger partial charge in [-0.15, -0.1) is 0 Å². The minimum Gasteiger partial charge on any atom is -0.489 e. The minimum atomic E-state index is 0.556. The van der Waals surface area contributed by atoms with Gasteiger partial charge in [0.05, 0.1) is 11.4 Å². The first-order chi connectivity index (χ1) is 14.8. The van der Waals surface area contributed by atoms with Gasteiger partial charge in [-0.25, -0.2) is 4.68 Å². The third-order valence-corrected chi connectivity index (χ3v) is 5.75. The van der Waals surface area contributed by atoms with Crippen LogP contribution in [0.25, 0.3) is 5.69 Å². The molecule has 3 aromatic carbocycles. The van der Waals surface area contributed by atoms with Crippen LogP contribution in [0, 0.1) is 0 Å². The van der Waals surface area contributed by atoms with Gasteiger partial charge in [0.25, 0.3) is 0 Å². The Kier molecular flexibility index (Phi) is 5.16. The van der Waals surface area contributed by atoms with Crippen LogP contribution in [-0.4, -0.2) is 16.3 Å². The van der Waals surface area contributed by atoms with Crippen LogP contribution >= 0.6 is 11.6 Å². The second-order valence-electron chi connectivity index (χ2n) is 7.40. The Bertz CT molecular complexity index is 1150. The number of hydrogen-bond donors (Lipinski definition) is 1. The molecule has 30 heavy (non-hydrogen) atoms. The highest BCUT2D eigenvalue weighted by Crippen LogP contribution is 2.31. The molecular formula is C25H22ClN3O. The Balaban J connectivity index is 1.37. The number of benzene rings is 3. The predicted octanol–water partition coefficient (Wildman–Crippen LogP) is 5.66. The zero-order valence-corrected chi connectivity index (χ0v) is 17.3. The summed E-state index contributed by atoms with van der Waals surface area (Å²) >= 11 is 6.38. The van der Waals surface area contributed by atoms with E-state index < -0.39 is 0 Å². The van der Waals surface area contributed by atoms with Crippen molar-refractivity contribution >= 4 is 17.4 Å². The fourth-order valence-electron chi connectivity index (χ4n) is 3.82. The van der Waals surface area contributed by atoms with E-state index in [9.17, 15) is 0 Å². The summed E-state index contributed by atoms with van der Waals surface area (Å²) in [4.78, 5) is 0. The number of aromatic nitrogens is 2. The van der Waals surface area contributed by atoms with Crippen molar-refractivity contribution in [3.8, 4) is 11.4 Å². The molecule has 1 aliphatic rings. The molecule has 1 N–H and O–H groups in total. The van der Waals surface area contributed by atoms with Crippen LogP contribution in [0.3, 0.4) is 0 Å². The highest BCUT2D eigenvalue weighted by molar-refractivity contribution is 6.31. The number of ether oxygens (including phenoxy) is 1. The number of hydrogen-bond acceptors (Lipinski definition) is 3. The van der Waals surface area contributed by atoms with Crippen LogP contribution in [-0.2, 0) is 19.4 Å². The molecule has 0 atom stereocenters. The summed E-state index contributed by atoms with van der Waals surface area (Å²) in [5.41, 5.74) is 5.62. The lowest BCUT2D eigenvalue weighted by atomic mass is 10.1. The second kappa shape index (κ2) is 8.25. The van der Waals surface area contributed by atoms with Crippen LogP contribution < -0.4 is 10.1 Å². The van der Waals surface area contributed by atoms with Crippen molar-refractivity contribution in [1.29, 1.82) is 0 Å². The average molecular weight is 416 g/mol. The molecule has 1 aromatic heterocycles. The first-order valence-corrected chi connectivity index (χ1v) is 10.5. The van der Waals surface area contributed by atoms with Gasteiger partial charge in [-0.2, -0.15) is 5.10 Å². The summed E-state index contributed by atoms with van der Waals surface area (Å²) in [6, 6.07) is 26.2. The number of rotatable bonds is 6. The monoisotopic (exact) mass is 415 g/mol. The first kappa shape index (κ1) is 18.8. The van der Waals surface area contributed by atoms with Gasteiger partial charge in [-0.3, -0.25) is 0 Å². The highest BCUT2D eigenvalue weighted by atomic mass is 35.5. The lowest BCUT2D eigenvalue weighted by Gasteiger charge is -2.09. The molecule has 4 nitrogen and oxygen atoms in total. The number of anilines is 1. The van der Waals surface area contributed by atoms with E-state index in [1.54, 1.807) is 0 Å². The topological polar surface area (TPSA) is 39.1 Å². The maximum Gasteiger partial charge on any atom is 0.133 e. The van der Waals surface area contributed by atoms with E-state index in [2.05, 4.69) is 23.5 Å². The van der Waals surface area contributed by atoms with Crippen LogP contribution in [0.15, 0.2) is 78.9 Å². The summed E-state index contributed by atoms with van der Waals surface area (Å²) in [7, 11) is 0. The average Bonchev–Trinajstić information content (AvgIpc) is 3.39. The highest BCUT2D eigenvalue weighted by Gasteiger charge is 2.23. The third-order valence-electron chi connectivity index (χ3n) is 5.38. The van der Waals surface area contributed by atoms with E-state index in [0.29, 0.717) is 6.61 Å². The second-order valence-corrected chi connectivity index (χ2v) is 7.81. The summed E-state index contributed by atoms with van der Waals surface area (Å²) in [6.45, 7) is 1.49. The van der Waals surface area contributed by atoms with Gasteiger partial charge in [-0.1, -0.05) is 60.1 Å². The maximum atomic E-state index is 6.38. The molecule has 4 aromatic rings. The normalized spacial score (nSPS) is 12.4. The molecule has 0 bridgehead atoms. The van der Waals surface area contributed by atoms with Gasteiger partial charge in [0.2, 0.25) is 0 Å². The molecule has 0 amide bonds. The maximum absolute atomic E-state index is 6.38. The fourth-order valence-corrected chi connectivity index (χ4v) is 4.02. The summed E-state index contributed by atoms with van der Waals surface area (Å²) in [5.74, 6) is 1.92. The Morgan fingerprint density at radius 1 is 0.933 bits per heavy atom. The molecule has 5 rings (SSSR count). The van der Waals surface area contributed by atoms with Crippen molar-refractivity contribution < 1.29 is 4.74 Å². The molecule has 150 valence electrons. The Morgan fingerprint density at radius 2 is 1.70 bits per heavy atom. The molecular weight excluding hydrogens is 394 g/mol. The summed E-state index contributed by atoms with van der Waals surface area (Å²) < 4.78 is 7.91. The van der Waals surface area contributed by atoms with Crippen molar-refractivity contribution in [2.75, 3.05) is 11.9 Å². The quantitative estimate of drug-likeness (QED) is 0.441. The van der Waals surface area contributed by atoms with E-state index in [1.807, 2.05) is 65.3 Å². The van der Waals surface area contributed by atoms with Crippen LogP contribution in [0.2, 0.25) is 5.02 Å². The van der Waals surface area contributed by atoms with Gasteiger partial charge in [-0.05, 0) is 47.9 Å². The zero-order valence-electron chi connectivity index (χ0n) is 16.5. The molecule has 0 radical (unpaired) electrons. The molecule has 0 aliphatic carbocycles. The number of nitrogens with one attached hydrogen (secondary N) is 1. The fraction of sp³-hybridized carbons (Fsp3) is 0.160. The Morgan fingerprint density at radius 3 is 2.50 bits per heavy atom. The SMILES string of the molecule is Clc1ccccc1Cc1nn(-c2ccc(OCc3ccccc3)cc2)c2c1CCN2. The molecule has 0 unspecified atom stereocenters. The summed E-state index contributed by atoms with van der Waals surface area (Å²) in [6.07, 6.45) is 1.71. The molecule has 0 saturated carbocycles. The summed E-state index contributed by atoms with van der Waals surface area (Å²) in [5, 5.41) is 9.19. The number of nitrogens with zero attached hydrogens (tertiary/aromatic N) is 2. The Labute approximate surface area is 181 Å². The van der Waals surface area contributed by atoms with Gasteiger partial charge in [0, 0.05) is 23.6 Å². The van der Waals surface area contributed by atoms with Gasteiger partial charge >= 0.3 is 0 Å². The third kappa shape index (κ3) is 3.79. The van der Waals surface area contributed by atoms with Gasteiger partial charge in [0.1, 0.15) is 18.2 Å². The Hall–Kier alpha value is -3.24. The van der Waals surface area contributed by atoms with E-state index in [0.717, 1.165) is 58.5 Å². The van der Waals surface area contributed by atoms with E-state index in [-0.39, 0.29) is 0 Å². The van der Waals surface area contributed by atoms with Crippen molar-refractivity contribution in [3.63, 3.8) is 0 Å². The van der Waals surface area contributed by atoms with E-state index >= 15 is 0 Å². The first-order valence-electron chi connectivity index (χ1n) is 10.1.